The first-order valence-electron chi connectivity index (χ1n) is 10.6. The summed E-state index contributed by atoms with van der Waals surface area (Å²) < 4.78 is 16.8. The van der Waals surface area contributed by atoms with Crippen LogP contribution >= 0.6 is 0 Å². The second-order valence-electron chi connectivity index (χ2n) is 6.80. The highest BCUT2D eigenvalue weighted by molar-refractivity contribution is 5.79. The molecule has 0 atom stereocenters. The molecule has 164 valence electrons. The van der Waals surface area contributed by atoms with Crippen molar-refractivity contribution in [1.82, 2.24) is 15.8 Å². The third-order valence-corrected chi connectivity index (χ3v) is 4.59. The van der Waals surface area contributed by atoms with Gasteiger partial charge in [0.05, 0.1) is 19.8 Å². The zero-order valence-corrected chi connectivity index (χ0v) is 18.4. The predicted octanol–water partition coefficient (Wildman–Crippen LogP) is 4.05. The molecule has 0 aliphatic carbocycles. The molecule has 2 N–H and O–H groups in total. The fourth-order valence-corrected chi connectivity index (χ4v) is 3.10. The summed E-state index contributed by atoms with van der Waals surface area (Å²) in [5.41, 5.74) is 2.99. The van der Waals surface area contributed by atoms with Crippen molar-refractivity contribution in [2.45, 2.75) is 26.8 Å². The van der Waals surface area contributed by atoms with Gasteiger partial charge < -0.3 is 24.6 Å². The van der Waals surface area contributed by atoms with E-state index < -0.39 is 0 Å². The van der Waals surface area contributed by atoms with Crippen LogP contribution in [0.25, 0.3) is 11.3 Å². The van der Waals surface area contributed by atoms with Gasteiger partial charge in [-0.3, -0.25) is 4.99 Å². The second-order valence-corrected chi connectivity index (χ2v) is 6.80. The molecule has 0 saturated carbocycles. The summed E-state index contributed by atoms with van der Waals surface area (Å²) in [5, 5.41) is 10.7. The minimum absolute atomic E-state index is 0.521. The number of ether oxygens (including phenoxy) is 2. The molecule has 0 bridgehead atoms. The molecule has 2 aromatic carbocycles. The highest BCUT2D eigenvalue weighted by Crippen LogP contribution is 2.28. The van der Waals surface area contributed by atoms with E-state index in [0.717, 1.165) is 41.5 Å². The first-order valence-corrected chi connectivity index (χ1v) is 10.6. The Kier molecular flexibility index (Phi) is 8.34. The van der Waals surface area contributed by atoms with Gasteiger partial charge in [-0.1, -0.05) is 41.6 Å². The normalized spacial score (nSPS) is 11.3. The number of aliphatic imine (C=N–C) groups is 1. The minimum Gasteiger partial charge on any atom is -0.490 e. The molecule has 0 aliphatic rings. The first-order chi connectivity index (χ1) is 15.2. The fourth-order valence-electron chi connectivity index (χ4n) is 3.10. The molecular weight excluding hydrogens is 392 g/mol. The van der Waals surface area contributed by atoms with Gasteiger partial charge in [0, 0.05) is 25.2 Å². The third kappa shape index (κ3) is 6.50. The number of aromatic nitrogens is 1. The Morgan fingerprint density at radius 1 is 0.968 bits per heavy atom. The summed E-state index contributed by atoms with van der Waals surface area (Å²) in [6, 6.07) is 17.9. The zero-order valence-electron chi connectivity index (χ0n) is 18.4. The van der Waals surface area contributed by atoms with E-state index in [0.29, 0.717) is 25.7 Å². The Labute approximate surface area is 183 Å². The molecule has 3 aromatic rings. The van der Waals surface area contributed by atoms with Crippen molar-refractivity contribution in [3.63, 3.8) is 0 Å². The van der Waals surface area contributed by atoms with Gasteiger partial charge in [-0.25, -0.2) is 0 Å². The van der Waals surface area contributed by atoms with Crippen LogP contribution in [0.2, 0.25) is 0 Å². The number of benzene rings is 2. The maximum Gasteiger partial charge on any atom is 0.191 e. The predicted molar refractivity (Wildman–Crippen MR) is 123 cm³/mol. The molecule has 3 rings (SSSR count). The number of rotatable bonds is 10. The number of hydrogen-bond acceptors (Lipinski definition) is 5. The minimum atomic E-state index is 0.521. The maximum absolute atomic E-state index is 5.70. The van der Waals surface area contributed by atoms with Gasteiger partial charge in [0.2, 0.25) is 0 Å². The number of hydrogen-bond donors (Lipinski definition) is 2. The summed E-state index contributed by atoms with van der Waals surface area (Å²) >= 11 is 0. The number of guanidine groups is 1. The summed E-state index contributed by atoms with van der Waals surface area (Å²) in [6.45, 7) is 6.40. The molecule has 1 aromatic heterocycles. The van der Waals surface area contributed by atoms with Crippen molar-refractivity contribution >= 4 is 5.96 Å². The van der Waals surface area contributed by atoms with Gasteiger partial charge in [0.1, 0.15) is 5.69 Å². The van der Waals surface area contributed by atoms with Crippen molar-refractivity contribution in [3.8, 4) is 22.8 Å². The van der Waals surface area contributed by atoms with Gasteiger partial charge in [0.25, 0.3) is 0 Å². The van der Waals surface area contributed by atoms with Crippen LogP contribution in [0.3, 0.4) is 0 Å². The van der Waals surface area contributed by atoms with E-state index in [-0.39, 0.29) is 0 Å². The molecule has 7 nitrogen and oxygen atoms in total. The molecule has 1 heterocycles. The molecule has 0 fully saturated rings. The van der Waals surface area contributed by atoms with E-state index in [1.165, 1.54) is 5.56 Å². The van der Waals surface area contributed by atoms with Gasteiger partial charge in [0.15, 0.2) is 23.2 Å². The third-order valence-electron chi connectivity index (χ3n) is 4.59. The molecule has 31 heavy (non-hydrogen) atoms. The van der Waals surface area contributed by atoms with Gasteiger partial charge >= 0.3 is 0 Å². The van der Waals surface area contributed by atoms with Crippen LogP contribution in [-0.4, -0.2) is 37.9 Å². The Balaban J connectivity index is 1.49. The second kappa shape index (κ2) is 11.6. The Hall–Kier alpha value is -3.48. The fraction of sp³-hybridized carbons (Fsp3) is 0.333. The average Bonchev–Trinajstić information content (AvgIpc) is 3.28. The smallest absolute Gasteiger partial charge is 0.191 e. The van der Waals surface area contributed by atoms with Crippen molar-refractivity contribution in [3.05, 3.63) is 65.9 Å². The quantitative estimate of drug-likeness (QED) is 0.379. The molecule has 0 radical (unpaired) electrons. The van der Waals surface area contributed by atoms with Crippen LogP contribution in [0.15, 0.2) is 64.1 Å². The zero-order chi connectivity index (χ0) is 21.9. The van der Waals surface area contributed by atoms with E-state index in [1.54, 1.807) is 7.05 Å². The lowest BCUT2D eigenvalue weighted by atomic mass is 10.1. The molecule has 0 spiro atoms. The Bertz CT molecular complexity index is 970. The van der Waals surface area contributed by atoms with E-state index in [2.05, 4.69) is 26.8 Å². The number of nitrogens with zero attached hydrogens (tertiary/aromatic N) is 2. The van der Waals surface area contributed by atoms with Crippen LogP contribution in [0, 0.1) is 0 Å². The van der Waals surface area contributed by atoms with Gasteiger partial charge in [-0.05, 0) is 38.0 Å². The van der Waals surface area contributed by atoms with Gasteiger partial charge in [-0.15, -0.1) is 0 Å². The lowest BCUT2D eigenvalue weighted by Crippen LogP contribution is -2.37. The van der Waals surface area contributed by atoms with Crippen LogP contribution in [0.4, 0.5) is 0 Å². The van der Waals surface area contributed by atoms with Crippen molar-refractivity contribution < 1.29 is 14.0 Å². The summed E-state index contributed by atoms with van der Waals surface area (Å²) in [4.78, 5) is 4.28. The molecule has 0 amide bonds. The average molecular weight is 423 g/mol. The molecule has 0 saturated heterocycles. The highest BCUT2D eigenvalue weighted by Gasteiger charge is 2.08. The SMILES string of the molecule is CCOc1ccc(CCNC(=NC)NCc2cc(-c3ccccc3)on2)cc1OCC. The molecule has 7 heteroatoms. The molecule has 0 aliphatic heterocycles. The lowest BCUT2D eigenvalue weighted by Gasteiger charge is -2.13. The summed E-state index contributed by atoms with van der Waals surface area (Å²) in [5.74, 6) is 3.02. The largest absolute Gasteiger partial charge is 0.490 e. The van der Waals surface area contributed by atoms with E-state index in [9.17, 15) is 0 Å². The van der Waals surface area contributed by atoms with Gasteiger partial charge in [-0.2, -0.15) is 0 Å². The van der Waals surface area contributed by atoms with Crippen molar-refractivity contribution in [2.24, 2.45) is 4.99 Å². The van der Waals surface area contributed by atoms with Crippen LogP contribution in [0.1, 0.15) is 25.1 Å². The monoisotopic (exact) mass is 422 g/mol. The van der Waals surface area contributed by atoms with E-state index in [1.807, 2.05) is 62.4 Å². The van der Waals surface area contributed by atoms with Crippen molar-refractivity contribution in [1.29, 1.82) is 0 Å². The van der Waals surface area contributed by atoms with E-state index in [4.69, 9.17) is 14.0 Å². The topological polar surface area (TPSA) is 80.9 Å². The van der Waals surface area contributed by atoms with E-state index >= 15 is 0 Å². The van der Waals surface area contributed by atoms with Crippen LogP contribution < -0.4 is 20.1 Å². The first kappa shape index (κ1) is 22.2. The molecule has 0 unspecified atom stereocenters. The Morgan fingerprint density at radius 3 is 2.48 bits per heavy atom. The Morgan fingerprint density at radius 2 is 1.74 bits per heavy atom. The summed E-state index contributed by atoms with van der Waals surface area (Å²) in [6.07, 6.45) is 0.829. The standard InChI is InChI=1S/C24H30N4O3/c1-4-29-21-12-11-18(15-23(21)30-5-2)13-14-26-24(25-3)27-17-20-16-22(31-28-20)19-9-7-6-8-10-19/h6-12,15-16H,4-5,13-14,17H2,1-3H3,(H2,25,26,27). The highest BCUT2D eigenvalue weighted by atomic mass is 16.5. The summed E-state index contributed by atoms with van der Waals surface area (Å²) in [7, 11) is 1.75. The molecular formula is C24H30N4O3. The van der Waals surface area contributed by atoms with Crippen LogP contribution in [-0.2, 0) is 13.0 Å². The maximum atomic E-state index is 5.70. The van der Waals surface area contributed by atoms with Crippen molar-refractivity contribution in [2.75, 3.05) is 26.8 Å². The van der Waals surface area contributed by atoms with Crippen LogP contribution in [0.5, 0.6) is 11.5 Å². The lowest BCUT2D eigenvalue weighted by molar-refractivity contribution is 0.287. The number of nitrogens with one attached hydrogen (secondary N) is 2.